The Labute approximate surface area is 213 Å². The molecule has 0 spiro atoms. The summed E-state index contributed by atoms with van der Waals surface area (Å²) in [6.45, 7) is 10.3. The van der Waals surface area contributed by atoms with Gasteiger partial charge in [0.2, 0.25) is 0 Å². The molecule has 0 radical (unpaired) electrons. The van der Waals surface area contributed by atoms with Crippen molar-refractivity contribution in [3.8, 4) is 11.1 Å². The van der Waals surface area contributed by atoms with Crippen LogP contribution in [0.3, 0.4) is 0 Å². The Hall–Kier alpha value is -3.16. The third-order valence-electron chi connectivity index (χ3n) is 5.78. The number of aliphatic carboxylic acids is 1. The molecule has 6 nitrogen and oxygen atoms in total. The number of hydrogen-bond donors (Lipinski definition) is 3. The predicted molar refractivity (Wildman–Crippen MR) is 141 cm³/mol. The first-order valence-corrected chi connectivity index (χ1v) is 12.6. The van der Waals surface area contributed by atoms with Gasteiger partial charge >= 0.3 is 5.97 Å². The van der Waals surface area contributed by atoms with E-state index in [1.54, 1.807) is 0 Å². The molecule has 0 bridgehead atoms. The first kappa shape index (κ1) is 26.4. The number of halogens is 1. The average molecular weight is 513 g/mol. The summed E-state index contributed by atoms with van der Waals surface area (Å²) in [7, 11) is -1.47. The number of amides is 1. The summed E-state index contributed by atoms with van der Waals surface area (Å²) in [5.74, 6) is -1.54. The Morgan fingerprint density at radius 1 is 0.886 bits per heavy atom. The lowest BCUT2D eigenvalue weighted by atomic mass is 9.94. The van der Waals surface area contributed by atoms with E-state index in [-0.39, 0.29) is 0 Å². The van der Waals surface area contributed by atoms with Crippen LogP contribution in [0.1, 0.15) is 46.5 Å². The van der Waals surface area contributed by atoms with Crippen molar-refractivity contribution in [2.45, 2.75) is 52.0 Å². The summed E-state index contributed by atoms with van der Waals surface area (Å²) in [6.07, 6.45) is 0. The smallest absolute Gasteiger partial charge is 0.328 e. The number of anilines is 1. The zero-order valence-electron chi connectivity index (χ0n) is 20.6. The number of benzene rings is 3. The highest BCUT2D eigenvalue weighted by Crippen LogP contribution is 2.29. The fourth-order valence-corrected chi connectivity index (χ4v) is 5.07. The van der Waals surface area contributed by atoms with Crippen LogP contribution in [0.25, 0.3) is 11.1 Å². The van der Waals surface area contributed by atoms with Gasteiger partial charge in [-0.05, 0) is 99.2 Å². The van der Waals surface area contributed by atoms with Crippen LogP contribution in [0.4, 0.5) is 5.69 Å². The second-order valence-electron chi connectivity index (χ2n) is 9.19. The lowest BCUT2D eigenvalue weighted by molar-refractivity contribution is -0.143. The molecule has 1 unspecified atom stereocenters. The standard InChI is InChI=1S/C27H29ClN2O4S/c1-15-13-23(16(2)12-22(15)28)35(34)30-21-9-7-8-19(14-21)20-10-17(3)24(18(4)11-20)25(31)29-27(5,6)26(32)33/h7-14,30H,1-6H3,(H,29,31)(H,32,33). The molecule has 35 heavy (non-hydrogen) atoms. The van der Waals surface area contributed by atoms with Gasteiger partial charge < -0.3 is 15.1 Å². The van der Waals surface area contributed by atoms with E-state index in [4.69, 9.17) is 11.6 Å². The molecule has 184 valence electrons. The minimum absolute atomic E-state index is 0.432. The van der Waals surface area contributed by atoms with E-state index >= 15 is 0 Å². The fourth-order valence-electron chi connectivity index (χ4n) is 3.77. The number of nitrogens with one attached hydrogen (secondary N) is 2. The highest BCUT2D eigenvalue weighted by Gasteiger charge is 2.30. The van der Waals surface area contributed by atoms with Gasteiger partial charge in [0.1, 0.15) is 5.54 Å². The largest absolute Gasteiger partial charge is 0.480 e. The second-order valence-corrected chi connectivity index (χ2v) is 10.8. The van der Waals surface area contributed by atoms with Crippen molar-refractivity contribution in [2.75, 3.05) is 4.72 Å². The molecule has 3 aromatic carbocycles. The molecule has 0 aromatic heterocycles. The molecule has 3 N–H and O–H groups in total. The number of hydrogen-bond acceptors (Lipinski definition) is 3. The van der Waals surface area contributed by atoms with Gasteiger partial charge in [-0.1, -0.05) is 35.9 Å². The predicted octanol–water partition coefficient (Wildman–Crippen LogP) is 5.97. The maximum Gasteiger partial charge on any atom is 0.328 e. The lowest BCUT2D eigenvalue weighted by Crippen LogP contribution is -2.49. The van der Waals surface area contributed by atoms with Crippen LogP contribution in [-0.4, -0.2) is 26.7 Å². The molecule has 3 rings (SSSR count). The molecule has 0 fully saturated rings. The first-order valence-electron chi connectivity index (χ1n) is 11.0. The van der Waals surface area contributed by atoms with E-state index in [1.165, 1.54) is 13.8 Å². The zero-order chi connectivity index (χ0) is 26.1. The van der Waals surface area contributed by atoms with Crippen LogP contribution >= 0.6 is 11.6 Å². The first-order chi connectivity index (χ1) is 16.3. The Bertz CT molecular complexity index is 1330. The van der Waals surface area contributed by atoms with Gasteiger partial charge in [0.15, 0.2) is 11.0 Å². The number of rotatable bonds is 7. The van der Waals surface area contributed by atoms with Crippen LogP contribution in [0.5, 0.6) is 0 Å². The van der Waals surface area contributed by atoms with Gasteiger partial charge in [-0.3, -0.25) is 4.79 Å². The molecule has 1 atom stereocenters. The monoisotopic (exact) mass is 512 g/mol. The fraction of sp³-hybridized carbons (Fsp3) is 0.259. The molecular weight excluding hydrogens is 484 g/mol. The number of carbonyl (C=O) groups excluding carboxylic acids is 1. The van der Waals surface area contributed by atoms with Gasteiger partial charge in [0.05, 0.1) is 4.90 Å². The highest BCUT2D eigenvalue weighted by atomic mass is 35.5. The lowest BCUT2D eigenvalue weighted by Gasteiger charge is -2.22. The van der Waals surface area contributed by atoms with Crippen molar-refractivity contribution < 1.29 is 18.9 Å². The summed E-state index contributed by atoms with van der Waals surface area (Å²) < 4.78 is 16.1. The Morgan fingerprint density at radius 2 is 1.51 bits per heavy atom. The number of carboxylic acid groups (broad SMARTS) is 1. The summed E-state index contributed by atoms with van der Waals surface area (Å²) in [6, 6.07) is 15.0. The second kappa shape index (κ2) is 10.2. The minimum Gasteiger partial charge on any atom is -0.480 e. The molecule has 0 saturated heterocycles. The van der Waals surface area contributed by atoms with Gasteiger partial charge in [0, 0.05) is 16.3 Å². The highest BCUT2D eigenvalue weighted by molar-refractivity contribution is 7.86. The normalized spacial score (nSPS) is 12.2. The van der Waals surface area contributed by atoms with Crippen LogP contribution in [-0.2, 0) is 15.8 Å². The summed E-state index contributed by atoms with van der Waals surface area (Å²) in [5.41, 5.74) is 4.69. The van der Waals surface area contributed by atoms with Gasteiger partial charge in [0.25, 0.3) is 5.91 Å². The van der Waals surface area contributed by atoms with Gasteiger partial charge in [-0.2, -0.15) is 0 Å². The van der Waals surface area contributed by atoms with E-state index in [1.807, 2.05) is 76.2 Å². The van der Waals surface area contributed by atoms with Gasteiger partial charge in [-0.15, -0.1) is 0 Å². The van der Waals surface area contributed by atoms with Crippen LogP contribution in [0.2, 0.25) is 5.02 Å². The van der Waals surface area contributed by atoms with Crippen molar-refractivity contribution in [1.29, 1.82) is 0 Å². The molecule has 0 heterocycles. The van der Waals surface area contributed by atoms with Crippen molar-refractivity contribution >= 4 is 40.2 Å². The number of carbonyl (C=O) groups is 2. The maximum atomic E-state index is 13.0. The Kier molecular flexibility index (Phi) is 7.72. The molecule has 3 aromatic rings. The van der Waals surface area contributed by atoms with Crippen molar-refractivity contribution in [3.63, 3.8) is 0 Å². The molecule has 0 saturated carbocycles. The molecule has 0 aliphatic carbocycles. The topological polar surface area (TPSA) is 95.5 Å². The third kappa shape index (κ3) is 5.92. The molecular formula is C27H29ClN2O4S. The summed E-state index contributed by atoms with van der Waals surface area (Å²) in [5, 5.41) is 12.5. The number of carboxylic acids is 1. The average Bonchev–Trinajstić information content (AvgIpc) is 2.75. The Balaban J connectivity index is 1.88. The van der Waals surface area contributed by atoms with Crippen molar-refractivity contribution in [2.24, 2.45) is 0 Å². The molecule has 8 heteroatoms. The minimum atomic E-state index is -1.47. The molecule has 1 amide bonds. The van der Waals surface area contributed by atoms with E-state index < -0.39 is 28.4 Å². The zero-order valence-corrected chi connectivity index (χ0v) is 22.1. The summed E-state index contributed by atoms with van der Waals surface area (Å²) >= 11 is 6.17. The van der Waals surface area contributed by atoms with Crippen molar-refractivity contribution in [1.82, 2.24) is 5.32 Å². The number of aryl methyl sites for hydroxylation is 4. The van der Waals surface area contributed by atoms with E-state index in [2.05, 4.69) is 10.0 Å². The van der Waals surface area contributed by atoms with Crippen molar-refractivity contribution in [3.05, 3.63) is 81.4 Å². The van der Waals surface area contributed by atoms with Crippen LogP contribution in [0.15, 0.2) is 53.4 Å². The van der Waals surface area contributed by atoms with Crippen LogP contribution < -0.4 is 10.0 Å². The maximum absolute atomic E-state index is 13.0. The SMILES string of the molecule is Cc1cc(S(=O)Nc2cccc(-c3cc(C)c(C(=O)NC(C)(C)C(=O)O)c(C)c3)c2)c(C)cc1Cl. The third-order valence-corrected chi connectivity index (χ3v) is 7.45. The quantitative estimate of drug-likeness (QED) is 0.363. The van der Waals surface area contributed by atoms with E-state index in [0.717, 1.165) is 33.4 Å². The molecule has 0 aliphatic rings. The molecule has 0 aliphatic heterocycles. The van der Waals surface area contributed by atoms with E-state index in [0.29, 0.717) is 21.2 Å². The van der Waals surface area contributed by atoms with Gasteiger partial charge in [-0.25, -0.2) is 9.00 Å². The van der Waals surface area contributed by atoms with E-state index in [9.17, 15) is 18.9 Å². The summed E-state index contributed by atoms with van der Waals surface area (Å²) in [4.78, 5) is 24.9. The Morgan fingerprint density at radius 3 is 2.11 bits per heavy atom. The van der Waals surface area contributed by atoms with Crippen LogP contribution in [0, 0.1) is 27.7 Å².